The van der Waals surface area contributed by atoms with Crippen molar-refractivity contribution in [3.63, 3.8) is 0 Å². The van der Waals surface area contributed by atoms with Gasteiger partial charge in [0.05, 0.1) is 0 Å². The standard InChI is InChI=1S/C16H25ClN4O2S/c17-16-6-5-15(13-18-16)14-19-9-11-21(12-10-19)24(22,23)20-7-3-1-2-4-8-20/h5-6,13H,1-4,7-12,14H2. The molecule has 1 aromatic heterocycles. The Morgan fingerprint density at radius 1 is 0.917 bits per heavy atom. The van der Waals surface area contributed by atoms with Crippen molar-refractivity contribution in [2.75, 3.05) is 39.3 Å². The zero-order valence-corrected chi connectivity index (χ0v) is 15.5. The Bertz CT molecular complexity index is 622. The molecule has 2 saturated heterocycles. The average Bonchev–Trinajstić information content (AvgIpc) is 2.87. The lowest BCUT2D eigenvalue weighted by Crippen LogP contribution is -2.52. The van der Waals surface area contributed by atoms with Gasteiger partial charge >= 0.3 is 0 Å². The van der Waals surface area contributed by atoms with Crippen molar-refractivity contribution >= 4 is 21.8 Å². The minimum absolute atomic E-state index is 0.493. The summed E-state index contributed by atoms with van der Waals surface area (Å²) < 4.78 is 28.9. The third-order valence-electron chi connectivity index (χ3n) is 4.74. The zero-order valence-electron chi connectivity index (χ0n) is 13.9. The molecule has 2 aliphatic heterocycles. The summed E-state index contributed by atoms with van der Waals surface area (Å²) >= 11 is 5.81. The third-order valence-corrected chi connectivity index (χ3v) is 7.00. The first-order valence-electron chi connectivity index (χ1n) is 8.64. The molecule has 0 saturated carbocycles. The molecule has 0 bridgehead atoms. The molecule has 3 heterocycles. The van der Waals surface area contributed by atoms with Crippen molar-refractivity contribution in [1.29, 1.82) is 0 Å². The van der Waals surface area contributed by atoms with E-state index in [0.717, 1.165) is 50.9 Å². The lowest BCUT2D eigenvalue weighted by molar-refractivity contribution is 0.174. The summed E-state index contributed by atoms with van der Waals surface area (Å²) in [6, 6.07) is 3.76. The molecule has 6 nitrogen and oxygen atoms in total. The van der Waals surface area contributed by atoms with Crippen LogP contribution in [0.1, 0.15) is 31.2 Å². The maximum absolute atomic E-state index is 12.8. The summed E-state index contributed by atoms with van der Waals surface area (Å²) in [4.78, 5) is 6.36. The molecule has 0 spiro atoms. The van der Waals surface area contributed by atoms with E-state index in [1.165, 1.54) is 0 Å². The minimum Gasteiger partial charge on any atom is -0.296 e. The molecule has 0 atom stereocenters. The highest BCUT2D eigenvalue weighted by atomic mass is 35.5. The van der Waals surface area contributed by atoms with Crippen LogP contribution in [0.15, 0.2) is 18.3 Å². The largest absolute Gasteiger partial charge is 0.296 e. The lowest BCUT2D eigenvalue weighted by Gasteiger charge is -2.36. The Hall–Kier alpha value is -0.730. The number of aromatic nitrogens is 1. The van der Waals surface area contributed by atoms with Crippen LogP contribution in [0.2, 0.25) is 5.15 Å². The van der Waals surface area contributed by atoms with Crippen molar-refractivity contribution in [2.45, 2.75) is 32.2 Å². The average molecular weight is 373 g/mol. The highest BCUT2D eigenvalue weighted by Crippen LogP contribution is 2.18. The van der Waals surface area contributed by atoms with E-state index in [4.69, 9.17) is 11.6 Å². The molecule has 134 valence electrons. The second-order valence-corrected chi connectivity index (χ2v) is 8.80. The van der Waals surface area contributed by atoms with Gasteiger partial charge in [0.2, 0.25) is 0 Å². The van der Waals surface area contributed by atoms with Gasteiger partial charge in [-0.3, -0.25) is 4.90 Å². The summed E-state index contributed by atoms with van der Waals surface area (Å²) in [5, 5.41) is 0.493. The highest BCUT2D eigenvalue weighted by molar-refractivity contribution is 7.86. The number of nitrogens with zero attached hydrogens (tertiary/aromatic N) is 4. The summed E-state index contributed by atoms with van der Waals surface area (Å²) in [5.41, 5.74) is 1.10. The van der Waals surface area contributed by atoms with Crippen LogP contribution in [0.4, 0.5) is 0 Å². The van der Waals surface area contributed by atoms with Gasteiger partial charge in [-0.05, 0) is 24.5 Å². The second kappa shape index (κ2) is 8.10. The summed E-state index contributed by atoms with van der Waals surface area (Å²) in [7, 11) is -3.30. The van der Waals surface area contributed by atoms with Crippen molar-refractivity contribution < 1.29 is 8.42 Å². The van der Waals surface area contributed by atoms with Crippen LogP contribution in [0.5, 0.6) is 0 Å². The fourth-order valence-corrected chi connectivity index (χ4v) is 5.09. The van der Waals surface area contributed by atoms with Crippen LogP contribution < -0.4 is 0 Å². The van der Waals surface area contributed by atoms with Crippen molar-refractivity contribution in [2.24, 2.45) is 0 Å². The molecular formula is C16H25ClN4O2S. The van der Waals surface area contributed by atoms with Gasteiger partial charge in [0.25, 0.3) is 10.2 Å². The van der Waals surface area contributed by atoms with Gasteiger partial charge in [-0.1, -0.05) is 30.5 Å². The van der Waals surface area contributed by atoms with E-state index in [0.29, 0.717) is 31.3 Å². The van der Waals surface area contributed by atoms with Crippen LogP contribution in [0, 0.1) is 0 Å². The fourth-order valence-electron chi connectivity index (χ4n) is 3.31. The molecule has 0 aromatic carbocycles. The molecule has 0 unspecified atom stereocenters. The Labute approximate surface area is 149 Å². The van der Waals surface area contributed by atoms with Gasteiger partial charge in [-0.15, -0.1) is 0 Å². The lowest BCUT2D eigenvalue weighted by atomic mass is 10.2. The molecule has 0 radical (unpaired) electrons. The quantitative estimate of drug-likeness (QED) is 0.758. The zero-order chi connectivity index (χ0) is 17.0. The van der Waals surface area contributed by atoms with Crippen LogP contribution in [0.3, 0.4) is 0 Å². The number of rotatable bonds is 4. The fraction of sp³-hybridized carbons (Fsp3) is 0.688. The molecular weight excluding hydrogens is 348 g/mol. The third kappa shape index (κ3) is 4.46. The maximum Gasteiger partial charge on any atom is 0.282 e. The van der Waals surface area contributed by atoms with Gasteiger partial charge < -0.3 is 0 Å². The Morgan fingerprint density at radius 3 is 2.12 bits per heavy atom. The Kier molecular flexibility index (Phi) is 6.10. The maximum atomic E-state index is 12.8. The molecule has 2 aliphatic rings. The number of pyridine rings is 1. The van der Waals surface area contributed by atoms with Gasteiger partial charge in [-0.2, -0.15) is 17.0 Å². The number of hydrogen-bond donors (Lipinski definition) is 0. The van der Waals surface area contributed by atoms with E-state index in [2.05, 4.69) is 9.88 Å². The molecule has 2 fully saturated rings. The molecule has 0 aliphatic carbocycles. The monoisotopic (exact) mass is 372 g/mol. The number of halogens is 1. The molecule has 0 amide bonds. The van der Waals surface area contributed by atoms with Crippen LogP contribution >= 0.6 is 11.6 Å². The number of hydrogen-bond acceptors (Lipinski definition) is 4. The van der Waals surface area contributed by atoms with Crippen molar-refractivity contribution in [3.8, 4) is 0 Å². The first-order chi connectivity index (χ1) is 11.6. The molecule has 1 aromatic rings. The number of piperazine rings is 1. The van der Waals surface area contributed by atoms with E-state index in [-0.39, 0.29) is 0 Å². The Balaban J connectivity index is 1.54. The second-order valence-electron chi connectivity index (χ2n) is 6.49. The molecule has 8 heteroatoms. The van der Waals surface area contributed by atoms with E-state index in [1.807, 2.05) is 6.07 Å². The first-order valence-corrected chi connectivity index (χ1v) is 10.4. The van der Waals surface area contributed by atoms with E-state index in [1.54, 1.807) is 20.9 Å². The van der Waals surface area contributed by atoms with Crippen molar-refractivity contribution in [1.82, 2.24) is 18.5 Å². The van der Waals surface area contributed by atoms with Crippen LogP contribution in [0.25, 0.3) is 0 Å². The van der Waals surface area contributed by atoms with Gasteiger partial charge in [0.1, 0.15) is 5.15 Å². The first kappa shape index (κ1) is 18.1. The minimum atomic E-state index is -3.30. The predicted octanol–water partition coefficient (Wildman–Crippen LogP) is 1.97. The molecule has 24 heavy (non-hydrogen) atoms. The molecule has 0 N–H and O–H groups in total. The van der Waals surface area contributed by atoms with Crippen LogP contribution in [-0.4, -0.2) is 66.2 Å². The van der Waals surface area contributed by atoms with E-state index >= 15 is 0 Å². The smallest absolute Gasteiger partial charge is 0.282 e. The van der Waals surface area contributed by atoms with Crippen LogP contribution in [-0.2, 0) is 16.8 Å². The Morgan fingerprint density at radius 2 is 1.54 bits per heavy atom. The summed E-state index contributed by atoms with van der Waals surface area (Å²) in [6.45, 7) is 4.71. The van der Waals surface area contributed by atoms with E-state index in [9.17, 15) is 8.42 Å². The summed E-state index contributed by atoms with van der Waals surface area (Å²) in [5.74, 6) is 0. The van der Waals surface area contributed by atoms with Gasteiger partial charge in [0, 0.05) is 52.0 Å². The normalized spacial score (nSPS) is 22.4. The highest BCUT2D eigenvalue weighted by Gasteiger charge is 2.32. The van der Waals surface area contributed by atoms with Gasteiger partial charge in [0.15, 0.2) is 0 Å². The summed E-state index contributed by atoms with van der Waals surface area (Å²) in [6.07, 6.45) is 6.00. The van der Waals surface area contributed by atoms with Crippen molar-refractivity contribution in [3.05, 3.63) is 29.0 Å². The van der Waals surface area contributed by atoms with Gasteiger partial charge in [-0.25, -0.2) is 4.98 Å². The molecule has 3 rings (SSSR count). The SMILES string of the molecule is O=S(=O)(N1CCCCCC1)N1CCN(Cc2ccc(Cl)nc2)CC1. The topological polar surface area (TPSA) is 56.8 Å². The van der Waals surface area contributed by atoms with E-state index < -0.39 is 10.2 Å². The predicted molar refractivity (Wildman–Crippen MR) is 95.1 cm³/mol.